The number of anilines is 1. The number of aromatic nitrogens is 1. The van der Waals surface area contributed by atoms with Crippen LogP contribution in [0.4, 0.5) is 23.0 Å². The number of hydrogen-bond donors (Lipinski definition) is 0. The first kappa shape index (κ1) is 25.6. The Morgan fingerprint density at radius 1 is 1.06 bits per heavy atom. The summed E-state index contributed by atoms with van der Waals surface area (Å²) in [6, 6.07) is 13.2. The van der Waals surface area contributed by atoms with Crippen molar-refractivity contribution < 1.29 is 26.6 Å². The van der Waals surface area contributed by atoms with Crippen molar-refractivity contribution in [2.24, 2.45) is 0 Å². The lowest BCUT2D eigenvalue weighted by Crippen LogP contribution is -2.43. The Hall–Kier alpha value is -2.04. The predicted octanol–water partition coefficient (Wildman–Crippen LogP) is 5.15. The van der Waals surface area contributed by atoms with Crippen molar-refractivity contribution in [2.75, 3.05) is 44.8 Å². The SMILES string of the molecule is Cc1cc(/C=C2\Sc3ccccc3N2C)cc(C)[n+]1CCCN1CCOCC1.F[B-](F)(F)F. The number of morpholine rings is 1. The van der Waals surface area contributed by atoms with E-state index in [1.165, 1.54) is 39.0 Å². The molecule has 0 atom stereocenters. The smallest absolute Gasteiger partial charge is 0.418 e. The Labute approximate surface area is 197 Å². The van der Waals surface area contributed by atoms with E-state index in [0.717, 1.165) is 39.4 Å². The highest BCUT2D eigenvalue weighted by molar-refractivity contribution is 8.03. The van der Waals surface area contributed by atoms with E-state index in [-0.39, 0.29) is 0 Å². The van der Waals surface area contributed by atoms with Crippen molar-refractivity contribution in [3.63, 3.8) is 0 Å². The number of pyridine rings is 1. The van der Waals surface area contributed by atoms with E-state index in [1.807, 2.05) is 11.8 Å². The van der Waals surface area contributed by atoms with Gasteiger partial charge in [-0.2, -0.15) is 0 Å². The molecule has 180 valence electrons. The summed E-state index contributed by atoms with van der Waals surface area (Å²) in [4.78, 5) is 6.13. The summed E-state index contributed by atoms with van der Waals surface area (Å²) in [7, 11) is -3.85. The lowest BCUT2D eigenvalue weighted by molar-refractivity contribution is -0.708. The highest BCUT2D eigenvalue weighted by Crippen LogP contribution is 2.45. The second kappa shape index (κ2) is 11.4. The van der Waals surface area contributed by atoms with Crippen LogP contribution in [0.5, 0.6) is 0 Å². The second-order valence-electron chi connectivity index (χ2n) is 8.14. The molecule has 33 heavy (non-hydrogen) atoms. The zero-order chi connectivity index (χ0) is 24.0. The first-order chi connectivity index (χ1) is 15.6. The van der Waals surface area contributed by atoms with Crippen molar-refractivity contribution in [1.29, 1.82) is 0 Å². The van der Waals surface area contributed by atoms with Gasteiger partial charge in [-0.3, -0.25) is 4.90 Å². The van der Waals surface area contributed by atoms with Crippen LogP contribution < -0.4 is 9.47 Å². The number of benzene rings is 1. The number of aryl methyl sites for hydroxylation is 2. The number of halogens is 4. The topological polar surface area (TPSA) is 19.6 Å². The highest BCUT2D eigenvalue weighted by Gasteiger charge is 2.22. The van der Waals surface area contributed by atoms with Gasteiger partial charge in [-0.25, -0.2) is 4.57 Å². The molecule has 4 nitrogen and oxygen atoms in total. The number of nitrogens with zero attached hydrogens (tertiary/aromatic N) is 3. The van der Waals surface area contributed by atoms with E-state index in [9.17, 15) is 17.3 Å². The van der Waals surface area contributed by atoms with Crippen LogP contribution in [0.2, 0.25) is 0 Å². The molecule has 0 unspecified atom stereocenters. The minimum atomic E-state index is -6.00. The van der Waals surface area contributed by atoms with Crippen molar-refractivity contribution in [1.82, 2.24) is 4.90 Å². The Kier molecular flexibility index (Phi) is 8.84. The summed E-state index contributed by atoms with van der Waals surface area (Å²) in [6.45, 7) is 10.6. The summed E-state index contributed by atoms with van der Waals surface area (Å²) in [5.41, 5.74) is 5.23. The van der Waals surface area contributed by atoms with E-state index in [0.29, 0.717) is 0 Å². The van der Waals surface area contributed by atoms with E-state index < -0.39 is 7.25 Å². The number of thioether (sulfide) groups is 1. The summed E-state index contributed by atoms with van der Waals surface area (Å²) in [6.07, 6.45) is 3.49. The van der Waals surface area contributed by atoms with Gasteiger partial charge in [-0.15, -0.1) is 0 Å². The van der Waals surface area contributed by atoms with Crippen LogP contribution in [0.25, 0.3) is 6.08 Å². The summed E-state index contributed by atoms with van der Waals surface area (Å²) < 4.78 is 46.9. The average Bonchev–Trinajstić information content (AvgIpc) is 3.05. The van der Waals surface area contributed by atoms with Crippen LogP contribution >= 0.6 is 11.8 Å². The molecule has 2 aliphatic heterocycles. The fraction of sp³-hybridized carbons (Fsp3) is 0.435. The largest absolute Gasteiger partial charge is 0.673 e. The zero-order valence-corrected chi connectivity index (χ0v) is 20.1. The third kappa shape index (κ3) is 7.76. The van der Waals surface area contributed by atoms with Gasteiger partial charge in [0.05, 0.1) is 23.9 Å². The summed E-state index contributed by atoms with van der Waals surface area (Å²) in [5, 5.41) is 1.28. The first-order valence-corrected chi connectivity index (χ1v) is 11.8. The van der Waals surface area contributed by atoms with E-state index in [4.69, 9.17) is 4.74 Å². The Bertz CT molecular complexity index is 951. The number of fused-ring (bicyclic) bond motifs is 1. The minimum absolute atomic E-state index is 0.880. The van der Waals surface area contributed by atoms with Crippen molar-refractivity contribution in [3.05, 3.63) is 58.4 Å². The van der Waals surface area contributed by atoms with E-state index >= 15 is 0 Å². The van der Waals surface area contributed by atoms with Crippen LogP contribution in [0.1, 0.15) is 23.4 Å². The van der Waals surface area contributed by atoms with Gasteiger partial charge in [0, 0.05) is 64.0 Å². The molecule has 4 rings (SSSR count). The molecular weight excluding hydrogens is 453 g/mol. The fourth-order valence-electron chi connectivity index (χ4n) is 4.06. The van der Waals surface area contributed by atoms with Gasteiger partial charge in [-0.1, -0.05) is 23.9 Å². The summed E-state index contributed by atoms with van der Waals surface area (Å²) in [5.74, 6) is 0. The quantitative estimate of drug-likeness (QED) is 0.333. The number of hydrogen-bond acceptors (Lipinski definition) is 4. The highest BCUT2D eigenvalue weighted by atomic mass is 32.2. The van der Waals surface area contributed by atoms with Gasteiger partial charge < -0.3 is 26.9 Å². The summed E-state index contributed by atoms with van der Waals surface area (Å²) >= 11 is 1.85. The molecule has 1 fully saturated rings. The molecule has 0 spiro atoms. The molecule has 0 N–H and O–H groups in total. The Morgan fingerprint density at radius 3 is 2.27 bits per heavy atom. The monoisotopic (exact) mass is 483 g/mol. The fourth-order valence-corrected chi connectivity index (χ4v) is 5.17. The molecule has 10 heteroatoms. The zero-order valence-electron chi connectivity index (χ0n) is 19.2. The molecule has 0 aliphatic carbocycles. The van der Waals surface area contributed by atoms with Crippen molar-refractivity contribution in [2.45, 2.75) is 31.7 Å². The lowest BCUT2D eigenvalue weighted by Gasteiger charge is -2.26. The molecular formula is C23H30BF4N3OS. The third-order valence-electron chi connectivity index (χ3n) is 5.62. The minimum Gasteiger partial charge on any atom is -0.418 e. The van der Waals surface area contributed by atoms with Gasteiger partial charge in [0.25, 0.3) is 0 Å². The molecule has 1 aromatic carbocycles. The van der Waals surface area contributed by atoms with Gasteiger partial charge in [0.1, 0.15) is 6.54 Å². The normalized spacial score (nSPS) is 17.7. The van der Waals surface area contributed by atoms with Crippen LogP contribution in [0.15, 0.2) is 46.3 Å². The molecule has 2 aliphatic rings. The Balaban J connectivity index is 0.000000555. The molecule has 0 amide bonds. The van der Waals surface area contributed by atoms with E-state index in [2.05, 4.69) is 77.7 Å². The lowest BCUT2D eigenvalue weighted by atomic mass is 10.1. The molecule has 3 heterocycles. The molecule has 0 bridgehead atoms. The predicted molar refractivity (Wildman–Crippen MR) is 127 cm³/mol. The third-order valence-corrected chi connectivity index (χ3v) is 6.79. The maximum absolute atomic E-state index is 9.75. The second-order valence-corrected chi connectivity index (χ2v) is 9.20. The molecule has 1 aromatic heterocycles. The molecule has 0 radical (unpaired) electrons. The number of rotatable bonds is 5. The van der Waals surface area contributed by atoms with Crippen LogP contribution in [0, 0.1) is 13.8 Å². The average molecular weight is 483 g/mol. The van der Waals surface area contributed by atoms with Gasteiger partial charge in [0.2, 0.25) is 0 Å². The van der Waals surface area contributed by atoms with Crippen LogP contribution in [-0.4, -0.2) is 52.1 Å². The van der Waals surface area contributed by atoms with Crippen molar-refractivity contribution >= 4 is 30.8 Å². The molecule has 2 aromatic rings. The van der Waals surface area contributed by atoms with Gasteiger partial charge in [-0.05, 0) is 23.8 Å². The molecule has 1 saturated heterocycles. The maximum Gasteiger partial charge on any atom is 0.673 e. The number of para-hydroxylation sites is 1. The maximum atomic E-state index is 9.75. The van der Waals surface area contributed by atoms with Gasteiger partial charge >= 0.3 is 7.25 Å². The van der Waals surface area contributed by atoms with Crippen molar-refractivity contribution in [3.8, 4) is 0 Å². The number of ether oxygens (including phenoxy) is 1. The standard InChI is InChI=1S/C23H30N3OS.BF4/c1-18-15-20(17-23-24(3)21-7-4-5-8-22(21)28-23)16-19(2)26(18)10-6-9-25-11-13-27-14-12-25;2-1(3,4)5/h4-5,7-8,15-17H,6,9-14H2,1-3H3;/q+1;-1. The van der Waals surface area contributed by atoms with Crippen LogP contribution in [0.3, 0.4) is 0 Å². The molecule has 0 saturated carbocycles. The first-order valence-electron chi connectivity index (χ1n) is 11.0. The van der Waals surface area contributed by atoms with E-state index in [1.54, 1.807) is 0 Å². The van der Waals surface area contributed by atoms with Crippen LogP contribution in [-0.2, 0) is 11.3 Å². The van der Waals surface area contributed by atoms with Gasteiger partial charge in [0.15, 0.2) is 11.4 Å². The Morgan fingerprint density at radius 2 is 1.67 bits per heavy atom.